The van der Waals surface area contributed by atoms with Crippen molar-refractivity contribution in [3.63, 3.8) is 0 Å². The summed E-state index contributed by atoms with van der Waals surface area (Å²) in [6, 6.07) is 21.1. The summed E-state index contributed by atoms with van der Waals surface area (Å²) in [7, 11) is -2.72. The molecule has 0 amide bonds. The minimum absolute atomic E-state index is 0.103. The predicted molar refractivity (Wildman–Crippen MR) is 149 cm³/mol. The fourth-order valence-electron chi connectivity index (χ4n) is 4.61. The average molecular weight is 593 g/mol. The number of rotatable bonds is 11. The fourth-order valence-corrected chi connectivity index (χ4v) is 9.98. The number of carbonyl (C=O) groups excluding carboxylic acids is 1. The number of aldehydes is 1. The first kappa shape index (κ1) is 27.3. The summed E-state index contributed by atoms with van der Waals surface area (Å²) in [5, 5.41) is 2.32. The molecule has 2 atom stereocenters. The van der Waals surface area contributed by atoms with Crippen LogP contribution in [-0.2, 0) is 18.7 Å². The predicted octanol–water partition coefficient (Wildman–Crippen LogP) is 5.77. The Balaban J connectivity index is 1.86. The van der Waals surface area contributed by atoms with Crippen LogP contribution in [0.4, 0.5) is 0 Å². The van der Waals surface area contributed by atoms with Crippen molar-refractivity contribution in [2.45, 2.75) is 70.3 Å². The molecule has 3 rings (SSSR count). The van der Waals surface area contributed by atoms with Crippen molar-refractivity contribution in [1.29, 1.82) is 0 Å². The van der Waals surface area contributed by atoms with E-state index < -0.39 is 8.32 Å². The van der Waals surface area contributed by atoms with Gasteiger partial charge in [0.1, 0.15) is 6.29 Å². The molecule has 2 aromatic rings. The maximum atomic E-state index is 11.7. The van der Waals surface area contributed by atoms with Crippen LogP contribution >= 0.6 is 22.6 Å². The second kappa shape index (κ2) is 13.1. The van der Waals surface area contributed by atoms with Crippen LogP contribution in [0.3, 0.4) is 0 Å². The third kappa shape index (κ3) is 7.10. The Bertz CT molecular complexity index is 866. The van der Waals surface area contributed by atoms with Gasteiger partial charge in [0.15, 0.2) is 6.29 Å². The molecule has 4 nitrogen and oxygen atoms in total. The van der Waals surface area contributed by atoms with Crippen LogP contribution in [0.5, 0.6) is 0 Å². The monoisotopic (exact) mass is 592 g/mol. The summed E-state index contributed by atoms with van der Waals surface area (Å²) in [6.07, 6.45) is 7.01. The van der Waals surface area contributed by atoms with E-state index in [1.807, 2.05) is 12.1 Å². The third-order valence-electron chi connectivity index (χ3n) is 6.27. The van der Waals surface area contributed by atoms with Crippen molar-refractivity contribution in [3.05, 3.63) is 70.3 Å². The van der Waals surface area contributed by atoms with E-state index in [2.05, 4.69) is 98.0 Å². The van der Waals surface area contributed by atoms with Crippen LogP contribution in [0.25, 0.3) is 0 Å². The van der Waals surface area contributed by atoms with E-state index in [4.69, 9.17) is 13.9 Å². The number of halogens is 1. The lowest BCUT2D eigenvalue weighted by Gasteiger charge is -2.45. The number of carbonyl (C=O) groups is 1. The molecule has 0 bridgehead atoms. The molecular formula is C28H37IO4Si. The Morgan fingerprint density at radius 2 is 1.71 bits per heavy atom. The molecule has 184 valence electrons. The zero-order chi connectivity index (χ0) is 24.4. The Labute approximate surface area is 219 Å². The molecule has 34 heavy (non-hydrogen) atoms. The molecule has 0 aliphatic carbocycles. The number of benzene rings is 2. The highest BCUT2D eigenvalue weighted by atomic mass is 127. The maximum absolute atomic E-state index is 11.7. The van der Waals surface area contributed by atoms with Crippen molar-refractivity contribution in [3.8, 4) is 0 Å². The molecule has 1 aliphatic heterocycles. The zero-order valence-corrected chi connectivity index (χ0v) is 23.7. The molecule has 0 N–H and O–H groups in total. The second-order valence-corrected chi connectivity index (χ2v) is 15.4. The summed E-state index contributed by atoms with van der Waals surface area (Å²) < 4.78 is 19.9. The maximum Gasteiger partial charge on any atom is 0.261 e. The summed E-state index contributed by atoms with van der Waals surface area (Å²) >= 11 is 2.35. The molecule has 1 saturated heterocycles. The van der Waals surface area contributed by atoms with E-state index >= 15 is 0 Å². The minimum atomic E-state index is -2.72. The highest BCUT2D eigenvalue weighted by Crippen LogP contribution is 2.38. The van der Waals surface area contributed by atoms with Gasteiger partial charge in [-0.2, -0.15) is 0 Å². The van der Waals surface area contributed by atoms with Crippen LogP contribution in [0.15, 0.2) is 70.3 Å². The summed E-state index contributed by atoms with van der Waals surface area (Å²) in [5.41, 5.74) is 0. The van der Waals surface area contributed by atoms with Gasteiger partial charge in [-0.05, 0) is 66.9 Å². The van der Waals surface area contributed by atoms with Crippen molar-refractivity contribution >= 4 is 47.6 Å². The van der Waals surface area contributed by atoms with Gasteiger partial charge < -0.3 is 18.7 Å². The Hall–Kier alpha value is -1.32. The molecule has 2 unspecified atom stereocenters. The summed E-state index contributed by atoms with van der Waals surface area (Å²) in [5.74, 6) is 0. The third-order valence-corrected chi connectivity index (χ3v) is 12.2. The number of hydrogen-bond donors (Lipinski definition) is 0. The van der Waals surface area contributed by atoms with Gasteiger partial charge in [-0.3, -0.25) is 0 Å². The molecule has 1 fully saturated rings. The van der Waals surface area contributed by atoms with Crippen LogP contribution in [0, 0.1) is 0 Å². The van der Waals surface area contributed by atoms with Crippen LogP contribution in [-0.4, -0.2) is 40.2 Å². The van der Waals surface area contributed by atoms with E-state index in [1.165, 1.54) is 10.4 Å². The van der Waals surface area contributed by atoms with E-state index in [0.717, 1.165) is 35.7 Å². The van der Waals surface area contributed by atoms with E-state index in [9.17, 15) is 4.79 Å². The fraction of sp³-hybridized carbons (Fsp3) is 0.464. The first-order valence-electron chi connectivity index (χ1n) is 12.2. The smallest absolute Gasteiger partial charge is 0.261 e. The summed E-state index contributed by atoms with van der Waals surface area (Å²) in [6.45, 7) is 8.07. The molecule has 1 heterocycles. The molecule has 0 aromatic heterocycles. The van der Waals surface area contributed by atoms with E-state index in [1.54, 1.807) is 0 Å². The van der Waals surface area contributed by atoms with Crippen LogP contribution in [0.1, 0.15) is 52.9 Å². The lowest BCUT2D eigenvalue weighted by molar-refractivity contribution is -0.155. The Morgan fingerprint density at radius 1 is 1.09 bits per heavy atom. The van der Waals surface area contributed by atoms with Crippen molar-refractivity contribution < 1.29 is 18.7 Å². The minimum Gasteiger partial charge on any atom is -0.404 e. The number of ether oxygens (including phenoxy) is 2. The van der Waals surface area contributed by atoms with E-state index in [-0.39, 0.29) is 17.4 Å². The SMILES string of the molecule is CC(C)(C)[Si](OC(CC=O)CC(I)=CCOC1CCCCO1)(c1ccccc1)c1ccccc1. The quantitative estimate of drug-likeness (QED) is 0.189. The normalized spacial score (nSPS) is 18.5. The lowest BCUT2D eigenvalue weighted by Crippen LogP contribution is -2.67. The molecule has 0 spiro atoms. The molecule has 1 aliphatic rings. The molecule has 2 aromatic carbocycles. The van der Waals surface area contributed by atoms with Gasteiger partial charge in [0, 0.05) is 19.4 Å². The number of hydrogen-bond acceptors (Lipinski definition) is 4. The van der Waals surface area contributed by atoms with Gasteiger partial charge in [-0.25, -0.2) is 0 Å². The molecular weight excluding hydrogens is 555 g/mol. The van der Waals surface area contributed by atoms with Gasteiger partial charge in [0.2, 0.25) is 0 Å². The van der Waals surface area contributed by atoms with Gasteiger partial charge in [-0.1, -0.05) is 81.4 Å². The first-order valence-corrected chi connectivity index (χ1v) is 15.2. The topological polar surface area (TPSA) is 44.8 Å². The van der Waals surface area contributed by atoms with Crippen LogP contribution < -0.4 is 10.4 Å². The Morgan fingerprint density at radius 3 is 2.21 bits per heavy atom. The summed E-state index contributed by atoms with van der Waals surface area (Å²) in [4.78, 5) is 11.7. The Kier molecular flexibility index (Phi) is 10.5. The highest BCUT2D eigenvalue weighted by molar-refractivity contribution is 14.1. The molecule has 6 heteroatoms. The second-order valence-electron chi connectivity index (χ2n) is 9.79. The van der Waals surface area contributed by atoms with Gasteiger partial charge in [0.25, 0.3) is 8.32 Å². The van der Waals surface area contributed by atoms with Crippen molar-refractivity contribution in [2.24, 2.45) is 0 Å². The van der Waals surface area contributed by atoms with E-state index in [0.29, 0.717) is 19.4 Å². The van der Waals surface area contributed by atoms with Crippen molar-refractivity contribution in [2.75, 3.05) is 13.2 Å². The van der Waals surface area contributed by atoms with Gasteiger partial charge in [0.05, 0.1) is 12.7 Å². The zero-order valence-electron chi connectivity index (χ0n) is 20.5. The van der Waals surface area contributed by atoms with Gasteiger partial charge in [-0.15, -0.1) is 0 Å². The average Bonchev–Trinajstić information content (AvgIpc) is 2.83. The van der Waals surface area contributed by atoms with Crippen molar-refractivity contribution in [1.82, 2.24) is 0 Å². The largest absolute Gasteiger partial charge is 0.404 e. The lowest BCUT2D eigenvalue weighted by atomic mass is 10.2. The van der Waals surface area contributed by atoms with Crippen LogP contribution in [0.2, 0.25) is 5.04 Å². The first-order chi connectivity index (χ1) is 16.4. The molecule has 0 saturated carbocycles. The van der Waals surface area contributed by atoms with Gasteiger partial charge >= 0.3 is 0 Å². The highest BCUT2D eigenvalue weighted by Gasteiger charge is 2.51. The molecule has 0 radical (unpaired) electrons. The standard InChI is InChI=1S/C28H37IO4Si/c1-28(2,3)34(25-12-6-4-7-13-25,26-14-8-5-9-15-26)33-24(17-19-30)22-23(29)18-21-32-27-16-10-11-20-31-27/h4-9,12-15,18-19,24,27H,10-11,16-17,20-22H2,1-3H3.